The molecule has 0 fully saturated rings. The lowest BCUT2D eigenvalue weighted by Crippen LogP contribution is -2.13. The van der Waals surface area contributed by atoms with E-state index in [1.807, 2.05) is 24.4 Å². The fourth-order valence-corrected chi connectivity index (χ4v) is 3.32. The van der Waals surface area contributed by atoms with Crippen molar-refractivity contribution in [3.05, 3.63) is 35.6 Å². The van der Waals surface area contributed by atoms with Crippen LogP contribution >= 0.6 is 23.1 Å². The minimum atomic E-state index is 0.794. The Balaban J connectivity index is 2.01. The van der Waals surface area contributed by atoms with Gasteiger partial charge in [-0.1, -0.05) is 24.3 Å². The van der Waals surface area contributed by atoms with Crippen molar-refractivity contribution < 1.29 is 0 Å². The number of rotatable bonds is 5. The van der Waals surface area contributed by atoms with Gasteiger partial charge in [-0.25, -0.2) is 4.98 Å². The normalized spacial score (nSPS) is 11.2. The van der Waals surface area contributed by atoms with Crippen molar-refractivity contribution in [3.8, 4) is 0 Å². The highest BCUT2D eigenvalue weighted by Crippen LogP contribution is 2.31. The van der Waals surface area contributed by atoms with Gasteiger partial charge in [-0.05, 0) is 30.4 Å². The Morgan fingerprint density at radius 3 is 3.16 bits per heavy atom. The Hall–Kier alpha value is -1.44. The molecule has 0 aromatic carbocycles. The third-order valence-electron chi connectivity index (χ3n) is 2.66. The van der Waals surface area contributed by atoms with Gasteiger partial charge in [0.2, 0.25) is 0 Å². The fourth-order valence-electron chi connectivity index (χ4n) is 1.80. The molecule has 7 heteroatoms. The van der Waals surface area contributed by atoms with E-state index in [0.717, 1.165) is 33.8 Å². The summed E-state index contributed by atoms with van der Waals surface area (Å²) < 4.78 is 3.03. The zero-order valence-corrected chi connectivity index (χ0v) is 12.0. The second-order valence-corrected chi connectivity index (χ2v) is 5.95. The van der Waals surface area contributed by atoms with E-state index in [1.165, 1.54) is 11.3 Å². The molecule has 19 heavy (non-hydrogen) atoms. The maximum atomic E-state index is 4.67. The Bertz CT molecular complexity index is 662. The van der Waals surface area contributed by atoms with Gasteiger partial charge in [0.1, 0.15) is 16.2 Å². The minimum Gasteiger partial charge on any atom is -0.311 e. The molecule has 3 rings (SSSR count). The molecule has 0 radical (unpaired) electrons. The number of hydrogen-bond donors (Lipinski definition) is 1. The number of fused-ring (bicyclic) bond motifs is 1. The zero-order valence-electron chi connectivity index (χ0n) is 10.4. The number of aromatic nitrogens is 4. The van der Waals surface area contributed by atoms with Crippen LogP contribution in [0.5, 0.6) is 0 Å². The molecule has 0 amide bonds. The van der Waals surface area contributed by atoms with Gasteiger partial charge in [0.05, 0.1) is 5.69 Å². The highest BCUT2D eigenvalue weighted by Gasteiger charge is 2.14. The van der Waals surface area contributed by atoms with Crippen molar-refractivity contribution in [1.82, 2.24) is 24.9 Å². The Kier molecular flexibility index (Phi) is 3.77. The van der Waals surface area contributed by atoms with Gasteiger partial charge in [-0.2, -0.15) is 0 Å². The van der Waals surface area contributed by atoms with Crippen molar-refractivity contribution >= 4 is 28.7 Å². The van der Waals surface area contributed by atoms with E-state index in [2.05, 4.69) is 31.8 Å². The second kappa shape index (κ2) is 5.68. The number of nitrogens with zero attached hydrogens (tertiary/aromatic N) is 4. The first kappa shape index (κ1) is 12.6. The van der Waals surface area contributed by atoms with Crippen LogP contribution < -0.4 is 5.32 Å². The molecule has 0 atom stereocenters. The van der Waals surface area contributed by atoms with E-state index in [-0.39, 0.29) is 0 Å². The first-order valence-corrected chi connectivity index (χ1v) is 7.69. The molecule has 0 unspecified atom stereocenters. The van der Waals surface area contributed by atoms with Crippen molar-refractivity contribution in [2.45, 2.75) is 22.8 Å². The molecule has 3 aromatic rings. The lowest BCUT2D eigenvalue weighted by Gasteiger charge is -2.04. The number of nitrogens with one attached hydrogen (secondary N) is 1. The van der Waals surface area contributed by atoms with E-state index < -0.39 is 0 Å². The number of hydrogen-bond acceptors (Lipinski definition) is 6. The van der Waals surface area contributed by atoms with Gasteiger partial charge >= 0.3 is 0 Å². The molecule has 3 heterocycles. The number of imidazole rings is 1. The smallest absolute Gasteiger partial charge is 0.180 e. The summed E-state index contributed by atoms with van der Waals surface area (Å²) in [4.78, 5) is 4.67. The predicted octanol–water partition coefficient (Wildman–Crippen LogP) is 2.45. The van der Waals surface area contributed by atoms with Gasteiger partial charge < -0.3 is 9.72 Å². The van der Waals surface area contributed by atoms with Crippen LogP contribution in [0.15, 0.2) is 39.3 Å². The molecule has 5 nitrogen and oxygen atoms in total. The molecular formula is C12H13N5S2. The van der Waals surface area contributed by atoms with Gasteiger partial charge in [0.15, 0.2) is 4.34 Å². The lowest BCUT2D eigenvalue weighted by molar-refractivity contribution is 0.694. The van der Waals surface area contributed by atoms with Crippen LogP contribution in [0.25, 0.3) is 5.65 Å². The van der Waals surface area contributed by atoms with Crippen molar-refractivity contribution in [3.63, 3.8) is 0 Å². The molecule has 0 saturated carbocycles. The van der Waals surface area contributed by atoms with Gasteiger partial charge in [0, 0.05) is 12.7 Å². The van der Waals surface area contributed by atoms with E-state index in [4.69, 9.17) is 0 Å². The SMILES string of the molecule is CCNCc1c(Sc2nncs2)nc2ccccn12. The van der Waals surface area contributed by atoms with Crippen LogP contribution in [-0.2, 0) is 6.54 Å². The van der Waals surface area contributed by atoms with Crippen LogP contribution in [-0.4, -0.2) is 26.1 Å². The molecule has 0 saturated heterocycles. The summed E-state index contributed by atoms with van der Waals surface area (Å²) in [6, 6.07) is 6.03. The molecule has 1 N–H and O–H groups in total. The summed E-state index contributed by atoms with van der Waals surface area (Å²) in [6.45, 7) is 3.83. The van der Waals surface area contributed by atoms with E-state index in [0.29, 0.717) is 0 Å². The third kappa shape index (κ3) is 2.63. The van der Waals surface area contributed by atoms with Crippen molar-refractivity contribution in [2.75, 3.05) is 6.54 Å². The van der Waals surface area contributed by atoms with Crippen LogP contribution in [0.3, 0.4) is 0 Å². The topological polar surface area (TPSA) is 55.1 Å². The van der Waals surface area contributed by atoms with Crippen LogP contribution in [0.1, 0.15) is 12.6 Å². The highest BCUT2D eigenvalue weighted by atomic mass is 32.2. The van der Waals surface area contributed by atoms with Crippen LogP contribution in [0.2, 0.25) is 0 Å². The molecule has 98 valence electrons. The van der Waals surface area contributed by atoms with E-state index >= 15 is 0 Å². The minimum absolute atomic E-state index is 0.794. The van der Waals surface area contributed by atoms with Crippen molar-refractivity contribution in [1.29, 1.82) is 0 Å². The average molecular weight is 291 g/mol. The second-order valence-electron chi connectivity index (χ2n) is 3.88. The molecule has 0 aliphatic heterocycles. The molecule has 3 aromatic heterocycles. The lowest BCUT2D eigenvalue weighted by atomic mass is 10.4. The molecule has 0 bridgehead atoms. The van der Waals surface area contributed by atoms with E-state index in [1.54, 1.807) is 17.3 Å². The third-order valence-corrected chi connectivity index (χ3v) is 4.46. The van der Waals surface area contributed by atoms with Gasteiger partial charge in [-0.3, -0.25) is 0 Å². The van der Waals surface area contributed by atoms with Crippen LogP contribution in [0.4, 0.5) is 0 Å². The maximum Gasteiger partial charge on any atom is 0.180 e. The number of pyridine rings is 1. The quantitative estimate of drug-likeness (QED) is 0.782. The fraction of sp³-hybridized carbons (Fsp3) is 0.250. The van der Waals surface area contributed by atoms with E-state index in [9.17, 15) is 0 Å². The summed E-state index contributed by atoms with van der Waals surface area (Å²) in [5.41, 5.74) is 3.86. The Morgan fingerprint density at radius 2 is 2.37 bits per heavy atom. The largest absolute Gasteiger partial charge is 0.311 e. The monoisotopic (exact) mass is 291 g/mol. The van der Waals surface area contributed by atoms with Gasteiger partial charge in [0.25, 0.3) is 0 Å². The Labute approximate surface area is 119 Å². The average Bonchev–Trinajstić information content (AvgIpc) is 3.04. The summed E-state index contributed by atoms with van der Waals surface area (Å²) in [5, 5.41) is 12.3. The molecular weight excluding hydrogens is 278 g/mol. The first-order chi connectivity index (χ1) is 9.38. The molecule has 0 aliphatic rings. The van der Waals surface area contributed by atoms with Crippen LogP contribution in [0, 0.1) is 0 Å². The first-order valence-electron chi connectivity index (χ1n) is 5.99. The summed E-state index contributed by atoms with van der Waals surface area (Å²) in [7, 11) is 0. The summed E-state index contributed by atoms with van der Waals surface area (Å²) in [5.74, 6) is 0. The van der Waals surface area contributed by atoms with Crippen molar-refractivity contribution in [2.24, 2.45) is 0 Å². The highest BCUT2D eigenvalue weighted by molar-refractivity contribution is 8.01. The molecule has 0 spiro atoms. The summed E-state index contributed by atoms with van der Waals surface area (Å²) in [6.07, 6.45) is 2.04. The summed E-state index contributed by atoms with van der Waals surface area (Å²) >= 11 is 3.10. The maximum absolute atomic E-state index is 4.67. The predicted molar refractivity (Wildman–Crippen MR) is 76.6 cm³/mol. The Morgan fingerprint density at radius 1 is 1.42 bits per heavy atom. The molecule has 0 aliphatic carbocycles. The van der Waals surface area contributed by atoms with Gasteiger partial charge in [-0.15, -0.1) is 10.2 Å². The zero-order chi connectivity index (χ0) is 13.1. The standard InChI is InChI=1S/C12H13N5S2/c1-2-13-7-9-11(19-12-16-14-8-18-12)15-10-5-3-4-6-17(9)10/h3-6,8,13H,2,7H2,1H3.